The number of carboxylic acids is 1. The van der Waals surface area contributed by atoms with Gasteiger partial charge in [0.05, 0.1) is 10.0 Å². The van der Waals surface area contributed by atoms with Crippen LogP contribution in [0.1, 0.15) is 29.6 Å². The number of hydrogen-bond donors (Lipinski definition) is 2. The third-order valence-corrected chi connectivity index (χ3v) is 3.55. The van der Waals surface area contributed by atoms with E-state index in [0.717, 1.165) is 12.8 Å². The van der Waals surface area contributed by atoms with Crippen LogP contribution in [-0.2, 0) is 4.79 Å². The van der Waals surface area contributed by atoms with Crippen molar-refractivity contribution in [2.24, 2.45) is 0 Å². The number of aromatic carboxylic acids is 1. The van der Waals surface area contributed by atoms with Crippen LogP contribution in [0, 0.1) is 0 Å². The van der Waals surface area contributed by atoms with Crippen LogP contribution >= 0.6 is 15.9 Å². The zero-order valence-electron chi connectivity index (χ0n) is 10.2. The molecule has 0 aromatic heterocycles. The number of hydrogen-bond acceptors (Lipinski definition) is 3. The minimum atomic E-state index is -1.00. The topological polar surface area (TPSA) is 75.6 Å². The molecule has 1 heterocycles. The molecule has 1 amide bonds. The van der Waals surface area contributed by atoms with Gasteiger partial charge < -0.3 is 15.2 Å². The molecule has 1 aromatic rings. The smallest absolute Gasteiger partial charge is 0.335 e. The maximum absolute atomic E-state index is 11.8. The number of rotatable bonds is 3. The van der Waals surface area contributed by atoms with Crippen LogP contribution in [0.4, 0.5) is 0 Å². The van der Waals surface area contributed by atoms with Crippen LogP contribution in [0.2, 0.25) is 0 Å². The molecule has 1 saturated heterocycles. The van der Waals surface area contributed by atoms with E-state index in [9.17, 15) is 9.59 Å². The Morgan fingerprint density at radius 1 is 1.42 bits per heavy atom. The summed E-state index contributed by atoms with van der Waals surface area (Å²) in [6.07, 6.45) is 2.02. The summed E-state index contributed by atoms with van der Waals surface area (Å²) in [5.41, 5.74) is 0.171. The van der Waals surface area contributed by atoms with Gasteiger partial charge in [-0.05, 0) is 53.4 Å². The second-order valence-corrected chi connectivity index (χ2v) is 5.20. The predicted octanol–water partition coefficient (Wildman–Crippen LogP) is 2.19. The fourth-order valence-corrected chi connectivity index (χ4v) is 2.38. The molecule has 1 aliphatic heterocycles. The van der Waals surface area contributed by atoms with E-state index in [1.807, 2.05) is 0 Å². The molecular formula is C13H14BrNO4. The lowest BCUT2D eigenvalue weighted by Gasteiger charge is -2.17. The molecule has 0 radical (unpaired) electrons. The van der Waals surface area contributed by atoms with Crippen molar-refractivity contribution >= 4 is 27.8 Å². The first-order valence-electron chi connectivity index (χ1n) is 6.05. The van der Waals surface area contributed by atoms with Crippen LogP contribution in [0.25, 0.3) is 0 Å². The summed E-state index contributed by atoms with van der Waals surface area (Å²) in [7, 11) is 0. The van der Waals surface area contributed by atoms with E-state index in [4.69, 9.17) is 9.84 Å². The highest BCUT2D eigenvalue weighted by atomic mass is 79.9. The summed E-state index contributed by atoms with van der Waals surface area (Å²) in [4.78, 5) is 22.6. The average molecular weight is 328 g/mol. The van der Waals surface area contributed by atoms with Gasteiger partial charge in [-0.2, -0.15) is 0 Å². The second-order valence-electron chi connectivity index (χ2n) is 4.34. The highest BCUT2D eigenvalue weighted by molar-refractivity contribution is 9.10. The highest BCUT2D eigenvalue weighted by Crippen LogP contribution is 2.28. The van der Waals surface area contributed by atoms with Gasteiger partial charge in [0.25, 0.3) is 5.91 Å². The molecule has 0 aliphatic carbocycles. The van der Waals surface area contributed by atoms with Crippen molar-refractivity contribution < 1.29 is 19.4 Å². The number of carbonyl (C=O) groups excluding carboxylic acids is 1. The molecule has 1 aliphatic rings. The highest BCUT2D eigenvalue weighted by Gasteiger charge is 2.23. The molecule has 1 aromatic carbocycles. The zero-order chi connectivity index (χ0) is 13.8. The summed E-state index contributed by atoms with van der Waals surface area (Å²) in [6, 6.07) is 4.48. The van der Waals surface area contributed by atoms with E-state index in [0.29, 0.717) is 23.2 Å². The Kier molecular flexibility index (Phi) is 4.42. The van der Waals surface area contributed by atoms with Gasteiger partial charge in [0.15, 0.2) is 6.10 Å². The van der Waals surface area contributed by atoms with Crippen LogP contribution in [0.3, 0.4) is 0 Å². The normalized spacial score (nSPS) is 19.4. The maximum Gasteiger partial charge on any atom is 0.335 e. The van der Waals surface area contributed by atoms with Crippen molar-refractivity contribution in [3.63, 3.8) is 0 Å². The SMILES string of the molecule is O=C(O)c1ccc(OC2CCCCNC2=O)c(Br)c1. The van der Waals surface area contributed by atoms with Crippen molar-refractivity contribution in [1.82, 2.24) is 5.32 Å². The van der Waals surface area contributed by atoms with E-state index in [1.165, 1.54) is 12.1 Å². The molecule has 2 rings (SSSR count). The van der Waals surface area contributed by atoms with Crippen molar-refractivity contribution in [2.45, 2.75) is 25.4 Å². The summed E-state index contributed by atoms with van der Waals surface area (Å²) < 4.78 is 6.19. The van der Waals surface area contributed by atoms with Gasteiger partial charge >= 0.3 is 5.97 Å². The monoisotopic (exact) mass is 327 g/mol. The molecule has 1 atom stereocenters. The van der Waals surface area contributed by atoms with Crippen LogP contribution in [-0.4, -0.2) is 29.6 Å². The Labute approximate surface area is 119 Å². The zero-order valence-corrected chi connectivity index (χ0v) is 11.8. The van der Waals surface area contributed by atoms with E-state index in [1.54, 1.807) is 6.07 Å². The molecule has 0 bridgehead atoms. The summed E-state index contributed by atoms with van der Waals surface area (Å²) in [5, 5.41) is 11.7. The summed E-state index contributed by atoms with van der Waals surface area (Å²) >= 11 is 3.26. The van der Waals surface area contributed by atoms with Crippen molar-refractivity contribution in [2.75, 3.05) is 6.54 Å². The predicted molar refractivity (Wildman–Crippen MR) is 72.4 cm³/mol. The number of carbonyl (C=O) groups is 2. The molecule has 102 valence electrons. The Balaban J connectivity index is 2.14. The Hall–Kier alpha value is -1.56. The lowest BCUT2D eigenvalue weighted by Crippen LogP contribution is -2.36. The number of ether oxygens (including phenoxy) is 1. The number of benzene rings is 1. The van der Waals surface area contributed by atoms with E-state index >= 15 is 0 Å². The van der Waals surface area contributed by atoms with Crippen molar-refractivity contribution in [3.05, 3.63) is 28.2 Å². The third-order valence-electron chi connectivity index (χ3n) is 2.93. The molecule has 2 N–H and O–H groups in total. The van der Waals surface area contributed by atoms with E-state index < -0.39 is 12.1 Å². The molecular weight excluding hydrogens is 314 g/mol. The first kappa shape index (κ1) is 13.9. The molecule has 0 spiro atoms. The Morgan fingerprint density at radius 2 is 2.21 bits per heavy atom. The summed E-state index contributed by atoms with van der Waals surface area (Å²) in [5.74, 6) is -0.641. The van der Waals surface area contributed by atoms with Crippen LogP contribution < -0.4 is 10.1 Å². The molecule has 0 saturated carbocycles. The first-order chi connectivity index (χ1) is 9.08. The lowest BCUT2D eigenvalue weighted by atomic mass is 10.1. The largest absolute Gasteiger partial charge is 0.479 e. The lowest BCUT2D eigenvalue weighted by molar-refractivity contribution is -0.127. The average Bonchev–Trinajstić information content (AvgIpc) is 2.57. The fraction of sp³-hybridized carbons (Fsp3) is 0.385. The third kappa shape index (κ3) is 3.47. The van der Waals surface area contributed by atoms with Crippen LogP contribution in [0.15, 0.2) is 22.7 Å². The van der Waals surface area contributed by atoms with Gasteiger partial charge in [-0.3, -0.25) is 4.79 Å². The molecule has 6 heteroatoms. The van der Waals surface area contributed by atoms with Gasteiger partial charge in [0.2, 0.25) is 0 Å². The molecule has 1 fully saturated rings. The fourth-order valence-electron chi connectivity index (χ4n) is 1.91. The Morgan fingerprint density at radius 3 is 2.89 bits per heavy atom. The van der Waals surface area contributed by atoms with Gasteiger partial charge in [-0.25, -0.2) is 4.79 Å². The molecule has 5 nitrogen and oxygen atoms in total. The number of carboxylic acid groups (broad SMARTS) is 1. The number of nitrogens with one attached hydrogen (secondary N) is 1. The van der Waals surface area contributed by atoms with Crippen molar-refractivity contribution in [3.8, 4) is 5.75 Å². The van der Waals surface area contributed by atoms with Gasteiger partial charge in [0.1, 0.15) is 5.75 Å². The summed E-state index contributed by atoms with van der Waals surface area (Å²) in [6.45, 7) is 0.678. The maximum atomic E-state index is 11.8. The number of halogens is 1. The van der Waals surface area contributed by atoms with Crippen molar-refractivity contribution in [1.29, 1.82) is 0 Å². The quantitative estimate of drug-likeness (QED) is 0.892. The second kappa shape index (κ2) is 6.06. The van der Waals surface area contributed by atoms with Crippen LogP contribution in [0.5, 0.6) is 5.75 Å². The first-order valence-corrected chi connectivity index (χ1v) is 6.84. The van der Waals surface area contributed by atoms with Gasteiger partial charge in [0, 0.05) is 6.54 Å². The molecule has 19 heavy (non-hydrogen) atoms. The van der Waals surface area contributed by atoms with E-state index in [2.05, 4.69) is 21.2 Å². The van der Waals surface area contributed by atoms with Gasteiger partial charge in [-0.15, -0.1) is 0 Å². The number of amides is 1. The minimum absolute atomic E-state index is 0.119. The van der Waals surface area contributed by atoms with E-state index in [-0.39, 0.29) is 11.5 Å². The Bertz CT molecular complexity index is 503. The minimum Gasteiger partial charge on any atom is -0.479 e. The van der Waals surface area contributed by atoms with Gasteiger partial charge in [-0.1, -0.05) is 0 Å². The standard InChI is InChI=1S/C13H14BrNO4/c14-9-7-8(13(17)18)4-5-10(9)19-11-3-1-2-6-15-12(11)16/h4-5,7,11H,1-3,6H2,(H,15,16)(H,17,18). The molecule has 1 unspecified atom stereocenters.